The third-order valence-corrected chi connectivity index (χ3v) is 1.37. The quantitative estimate of drug-likeness (QED) is 0.336. The van der Waals surface area contributed by atoms with Crippen molar-refractivity contribution >= 4 is 5.97 Å². The number of esters is 1. The molecule has 0 bridgehead atoms. The lowest BCUT2D eigenvalue weighted by Gasteiger charge is -2.12. The first kappa shape index (κ1) is 9.99. The van der Waals surface area contributed by atoms with Crippen LogP contribution in [0, 0.1) is 11.8 Å². The second-order valence-corrected chi connectivity index (χ2v) is 2.51. The molecule has 0 spiro atoms. The molecule has 0 saturated carbocycles. The molecule has 3 heteroatoms. The molecule has 0 saturated heterocycles. The fourth-order valence-corrected chi connectivity index (χ4v) is 0.333. The van der Waals surface area contributed by atoms with Crippen LogP contribution in [0.2, 0.25) is 0 Å². The highest BCUT2D eigenvalue weighted by Crippen LogP contribution is 2.00. The third kappa shape index (κ3) is 4.40. The van der Waals surface area contributed by atoms with Gasteiger partial charge in [0.05, 0.1) is 12.6 Å². The van der Waals surface area contributed by atoms with Crippen LogP contribution in [0.1, 0.15) is 20.3 Å². The highest BCUT2D eigenvalue weighted by molar-refractivity contribution is 5.88. The van der Waals surface area contributed by atoms with Gasteiger partial charge in [0.2, 0.25) is 0 Å². The molecular weight excluding hydrogens is 142 g/mol. The smallest absolute Gasteiger partial charge is 0.384 e. The number of carbonyl (C=O) groups excluding carboxylic acids is 1. The Hall–Kier alpha value is -1.01. The summed E-state index contributed by atoms with van der Waals surface area (Å²) in [7, 11) is 1.29. The number of hydrogen-bond acceptors (Lipinski definition) is 3. The molecule has 0 aliphatic heterocycles. The van der Waals surface area contributed by atoms with E-state index in [0.717, 1.165) is 0 Å². The fourth-order valence-electron chi connectivity index (χ4n) is 0.333. The molecule has 0 aliphatic rings. The SMILES string of the molecule is CCC(C)(N)C#CC(=O)OC. The maximum Gasteiger partial charge on any atom is 0.384 e. The Bertz CT molecular complexity index is 198. The van der Waals surface area contributed by atoms with Crippen LogP contribution >= 0.6 is 0 Å². The lowest BCUT2D eigenvalue weighted by Crippen LogP contribution is -2.33. The first-order chi connectivity index (χ1) is 5.02. The molecule has 0 aliphatic carbocycles. The van der Waals surface area contributed by atoms with Crippen LogP contribution in [0.25, 0.3) is 0 Å². The predicted octanol–water partition coefficient (Wildman–Crippen LogP) is 0.290. The van der Waals surface area contributed by atoms with Crippen molar-refractivity contribution in [3.05, 3.63) is 0 Å². The first-order valence-electron chi connectivity index (χ1n) is 3.42. The Balaban J connectivity index is 4.16. The van der Waals surface area contributed by atoms with Gasteiger partial charge in [-0.3, -0.25) is 0 Å². The van der Waals surface area contributed by atoms with E-state index in [-0.39, 0.29) is 0 Å². The monoisotopic (exact) mass is 155 g/mol. The second kappa shape index (κ2) is 3.99. The van der Waals surface area contributed by atoms with Crippen molar-refractivity contribution in [2.75, 3.05) is 7.11 Å². The maximum absolute atomic E-state index is 10.5. The summed E-state index contributed by atoms with van der Waals surface area (Å²) >= 11 is 0. The van der Waals surface area contributed by atoms with E-state index in [4.69, 9.17) is 5.73 Å². The van der Waals surface area contributed by atoms with Crippen molar-refractivity contribution in [2.45, 2.75) is 25.8 Å². The molecule has 0 heterocycles. The van der Waals surface area contributed by atoms with Gasteiger partial charge in [0.1, 0.15) is 0 Å². The van der Waals surface area contributed by atoms with Crippen LogP contribution in [0.15, 0.2) is 0 Å². The van der Waals surface area contributed by atoms with Crippen molar-refractivity contribution in [1.82, 2.24) is 0 Å². The standard InChI is InChI=1S/C8H13NO2/c1-4-8(2,9)6-5-7(10)11-3/h4,9H2,1-3H3. The van der Waals surface area contributed by atoms with Crippen LogP contribution in [-0.2, 0) is 9.53 Å². The van der Waals surface area contributed by atoms with Crippen molar-refractivity contribution in [2.24, 2.45) is 5.73 Å². The molecule has 0 aromatic carbocycles. The molecule has 0 amide bonds. The van der Waals surface area contributed by atoms with E-state index < -0.39 is 11.5 Å². The molecule has 3 nitrogen and oxygen atoms in total. The van der Waals surface area contributed by atoms with Crippen LogP contribution in [-0.4, -0.2) is 18.6 Å². The Morgan fingerprint density at radius 1 is 1.73 bits per heavy atom. The van der Waals surface area contributed by atoms with E-state index in [1.165, 1.54) is 7.11 Å². The first-order valence-corrected chi connectivity index (χ1v) is 3.42. The van der Waals surface area contributed by atoms with Gasteiger partial charge in [-0.15, -0.1) is 0 Å². The predicted molar refractivity (Wildman–Crippen MR) is 42.7 cm³/mol. The topological polar surface area (TPSA) is 52.3 Å². The number of nitrogens with two attached hydrogens (primary N) is 1. The molecule has 0 fully saturated rings. The average Bonchev–Trinajstić information content (AvgIpc) is 2.00. The summed E-state index contributed by atoms with van der Waals surface area (Å²) in [5, 5.41) is 0. The van der Waals surface area contributed by atoms with Gasteiger partial charge in [-0.25, -0.2) is 4.79 Å². The van der Waals surface area contributed by atoms with Crippen LogP contribution in [0.5, 0.6) is 0 Å². The van der Waals surface area contributed by atoms with E-state index in [9.17, 15) is 4.79 Å². The lowest BCUT2D eigenvalue weighted by atomic mass is 10.0. The number of rotatable bonds is 1. The minimum Gasteiger partial charge on any atom is -0.459 e. The van der Waals surface area contributed by atoms with E-state index in [1.54, 1.807) is 6.92 Å². The summed E-state index contributed by atoms with van der Waals surface area (Å²) in [5.41, 5.74) is 5.05. The molecule has 0 rings (SSSR count). The summed E-state index contributed by atoms with van der Waals surface area (Å²) in [6, 6.07) is 0. The van der Waals surface area contributed by atoms with Gasteiger partial charge in [0, 0.05) is 5.92 Å². The molecule has 62 valence electrons. The van der Waals surface area contributed by atoms with Crippen LogP contribution < -0.4 is 5.73 Å². The van der Waals surface area contributed by atoms with Gasteiger partial charge in [0.15, 0.2) is 0 Å². The number of carbonyl (C=O) groups is 1. The molecule has 1 unspecified atom stereocenters. The zero-order valence-corrected chi connectivity index (χ0v) is 7.10. The Labute approximate surface area is 66.9 Å². The zero-order chi connectivity index (χ0) is 8.91. The van der Waals surface area contributed by atoms with Crippen molar-refractivity contribution in [1.29, 1.82) is 0 Å². The summed E-state index contributed by atoms with van der Waals surface area (Å²) in [5.74, 6) is 4.35. The molecular formula is C8H13NO2. The van der Waals surface area contributed by atoms with E-state index in [2.05, 4.69) is 16.6 Å². The highest BCUT2D eigenvalue weighted by atomic mass is 16.5. The van der Waals surface area contributed by atoms with Gasteiger partial charge in [0.25, 0.3) is 0 Å². The molecule has 0 aromatic rings. The third-order valence-electron chi connectivity index (χ3n) is 1.37. The normalized spacial score (nSPS) is 14.2. The Morgan fingerprint density at radius 2 is 2.27 bits per heavy atom. The Kier molecular flexibility index (Phi) is 3.63. The molecule has 11 heavy (non-hydrogen) atoms. The minimum absolute atomic E-state index is 0.546. The lowest BCUT2D eigenvalue weighted by molar-refractivity contribution is -0.133. The van der Waals surface area contributed by atoms with Crippen molar-refractivity contribution < 1.29 is 9.53 Å². The number of methoxy groups -OCH3 is 1. The highest BCUT2D eigenvalue weighted by Gasteiger charge is 2.10. The van der Waals surface area contributed by atoms with E-state index in [0.29, 0.717) is 6.42 Å². The Morgan fingerprint density at radius 3 is 2.64 bits per heavy atom. The molecule has 2 N–H and O–H groups in total. The van der Waals surface area contributed by atoms with Gasteiger partial charge in [-0.05, 0) is 13.3 Å². The number of hydrogen-bond donors (Lipinski definition) is 1. The maximum atomic E-state index is 10.5. The van der Waals surface area contributed by atoms with Gasteiger partial charge in [-0.2, -0.15) is 0 Å². The zero-order valence-electron chi connectivity index (χ0n) is 7.10. The summed E-state index contributed by atoms with van der Waals surface area (Å²) < 4.78 is 4.32. The van der Waals surface area contributed by atoms with E-state index in [1.807, 2.05) is 6.92 Å². The van der Waals surface area contributed by atoms with Crippen molar-refractivity contribution in [3.63, 3.8) is 0 Å². The van der Waals surface area contributed by atoms with Crippen LogP contribution in [0.3, 0.4) is 0 Å². The van der Waals surface area contributed by atoms with Crippen LogP contribution in [0.4, 0.5) is 0 Å². The van der Waals surface area contributed by atoms with E-state index >= 15 is 0 Å². The fraction of sp³-hybridized carbons (Fsp3) is 0.625. The number of ether oxygens (including phenoxy) is 1. The molecule has 0 aromatic heterocycles. The van der Waals surface area contributed by atoms with Crippen molar-refractivity contribution in [3.8, 4) is 11.8 Å². The largest absolute Gasteiger partial charge is 0.459 e. The van der Waals surface area contributed by atoms with Gasteiger partial charge < -0.3 is 10.5 Å². The van der Waals surface area contributed by atoms with Gasteiger partial charge in [-0.1, -0.05) is 12.8 Å². The minimum atomic E-state index is -0.589. The second-order valence-electron chi connectivity index (χ2n) is 2.51. The molecule has 1 atom stereocenters. The summed E-state index contributed by atoms with van der Waals surface area (Å²) in [4.78, 5) is 10.5. The summed E-state index contributed by atoms with van der Waals surface area (Å²) in [6.45, 7) is 3.68. The summed E-state index contributed by atoms with van der Waals surface area (Å²) in [6.07, 6.45) is 0.705. The average molecular weight is 155 g/mol. The molecule has 0 radical (unpaired) electrons. The van der Waals surface area contributed by atoms with Gasteiger partial charge >= 0.3 is 5.97 Å².